The van der Waals surface area contributed by atoms with Crippen molar-refractivity contribution < 1.29 is 5.11 Å². The number of benzene rings is 1. The minimum Gasteiger partial charge on any atom is -0.506 e. The molecule has 1 aliphatic carbocycles. The van der Waals surface area contributed by atoms with E-state index in [9.17, 15) is 5.11 Å². The first-order valence-electron chi connectivity index (χ1n) is 8.09. The number of hydrogen-bond acceptors (Lipinski definition) is 4. The molecular formula is C19H15ClN4O. The summed E-state index contributed by atoms with van der Waals surface area (Å²) in [4.78, 5) is 7.62. The lowest BCUT2D eigenvalue weighted by atomic mass is 9.84. The molecule has 0 spiro atoms. The van der Waals surface area contributed by atoms with Crippen LogP contribution in [0.15, 0.2) is 53.4 Å². The third kappa shape index (κ3) is 2.13. The molecule has 3 N–H and O–H groups in total. The summed E-state index contributed by atoms with van der Waals surface area (Å²) in [7, 11) is 0. The lowest BCUT2D eigenvalue weighted by molar-refractivity contribution is 0.449. The Morgan fingerprint density at radius 2 is 2.20 bits per heavy atom. The number of fused-ring (bicyclic) bond motifs is 2. The first-order valence-corrected chi connectivity index (χ1v) is 8.46. The maximum absolute atomic E-state index is 9.70. The fourth-order valence-electron chi connectivity index (χ4n) is 3.68. The first-order chi connectivity index (χ1) is 12.2. The van der Waals surface area contributed by atoms with Gasteiger partial charge in [0.2, 0.25) is 0 Å². The highest BCUT2D eigenvalue weighted by molar-refractivity contribution is 6.32. The van der Waals surface area contributed by atoms with Crippen molar-refractivity contribution in [2.24, 2.45) is 4.99 Å². The van der Waals surface area contributed by atoms with Crippen LogP contribution < -0.4 is 5.43 Å². The number of allylic oxidation sites excluding steroid dienone is 2. The van der Waals surface area contributed by atoms with Gasteiger partial charge in [-0.3, -0.25) is 10.4 Å². The van der Waals surface area contributed by atoms with Gasteiger partial charge in [0.15, 0.2) is 0 Å². The van der Waals surface area contributed by atoms with E-state index in [1.54, 1.807) is 12.4 Å². The van der Waals surface area contributed by atoms with Gasteiger partial charge in [0.05, 0.1) is 22.6 Å². The van der Waals surface area contributed by atoms with Crippen molar-refractivity contribution in [1.29, 1.82) is 0 Å². The average Bonchev–Trinajstić information content (AvgIpc) is 2.99. The summed E-state index contributed by atoms with van der Waals surface area (Å²) >= 11 is 6.12. The van der Waals surface area contributed by atoms with E-state index in [4.69, 9.17) is 11.6 Å². The summed E-state index contributed by atoms with van der Waals surface area (Å²) in [6, 6.07) is 5.43. The lowest BCUT2D eigenvalue weighted by Crippen LogP contribution is -2.36. The number of hydrogen-bond donors (Lipinski definition) is 3. The number of aromatic amines is 1. The van der Waals surface area contributed by atoms with E-state index in [0.29, 0.717) is 5.02 Å². The van der Waals surface area contributed by atoms with E-state index in [0.717, 1.165) is 34.6 Å². The number of aromatic nitrogens is 1. The van der Waals surface area contributed by atoms with Crippen molar-refractivity contribution in [3.8, 4) is 5.75 Å². The van der Waals surface area contributed by atoms with Crippen LogP contribution in [-0.4, -0.2) is 21.4 Å². The molecule has 5 nitrogen and oxygen atoms in total. The summed E-state index contributed by atoms with van der Waals surface area (Å²) in [5.74, 6) is 0.278. The van der Waals surface area contributed by atoms with Gasteiger partial charge in [0.1, 0.15) is 12.1 Å². The molecule has 0 radical (unpaired) electrons. The summed E-state index contributed by atoms with van der Waals surface area (Å²) in [6.45, 7) is 0. The molecule has 124 valence electrons. The van der Waals surface area contributed by atoms with Crippen LogP contribution in [0.1, 0.15) is 34.7 Å². The maximum atomic E-state index is 9.70. The number of hydrazine groups is 1. The molecule has 2 aromatic rings. The highest BCUT2D eigenvalue weighted by Gasteiger charge is 2.32. The number of phenols is 1. The fourth-order valence-corrected chi connectivity index (χ4v) is 3.87. The largest absolute Gasteiger partial charge is 0.506 e. The molecule has 25 heavy (non-hydrogen) atoms. The van der Waals surface area contributed by atoms with Crippen LogP contribution in [0.4, 0.5) is 0 Å². The van der Waals surface area contributed by atoms with E-state index < -0.39 is 0 Å². The molecule has 0 saturated heterocycles. The molecule has 6 heteroatoms. The minimum absolute atomic E-state index is 0.109. The van der Waals surface area contributed by atoms with Gasteiger partial charge in [-0.2, -0.15) is 0 Å². The van der Waals surface area contributed by atoms with Gasteiger partial charge in [-0.05, 0) is 30.2 Å². The smallest absolute Gasteiger partial charge is 0.134 e. The molecule has 0 saturated carbocycles. The van der Waals surface area contributed by atoms with Crippen molar-refractivity contribution in [3.63, 3.8) is 0 Å². The number of H-pyrrole nitrogens is 1. The zero-order chi connectivity index (χ0) is 17.0. The minimum atomic E-state index is 0.109. The summed E-state index contributed by atoms with van der Waals surface area (Å²) in [6.07, 6.45) is 12.8. The maximum Gasteiger partial charge on any atom is 0.134 e. The summed E-state index contributed by atoms with van der Waals surface area (Å²) in [5, 5.41) is 12.1. The standard InChI is InChI=1S/C19H15ClN4O/c20-15-7-11(2-6-17(15)25)14-4-5-16-18-12(8-22-19(14)18)1-3-13-9-21-10-23-24(13)16/h1-3,5-10,14,22,25H,4H2,(H,21,23). The number of aliphatic imine (C=N–C) groups is 1. The van der Waals surface area contributed by atoms with E-state index in [2.05, 4.69) is 33.6 Å². The van der Waals surface area contributed by atoms with Gasteiger partial charge < -0.3 is 10.1 Å². The Kier molecular flexibility index (Phi) is 3.05. The van der Waals surface area contributed by atoms with Gasteiger partial charge in [-0.15, -0.1) is 0 Å². The Morgan fingerprint density at radius 3 is 3.08 bits per heavy atom. The molecule has 1 aromatic carbocycles. The van der Waals surface area contributed by atoms with Gasteiger partial charge in [-0.25, -0.2) is 4.99 Å². The number of phenolic OH excluding ortho intramolecular Hbond substituents is 1. The Bertz CT molecular complexity index is 999. The lowest BCUT2D eigenvalue weighted by Gasteiger charge is -2.32. The molecule has 2 aliphatic heterocycles. The van der Waals surface area contributed by atoms with Crippen molar-refractivity contribution >= 4 is 29.7 Å². The Morgan fingerprint density at radius 1 is 1.28 bits per heavy atom. The monoisotopic (exact) mass is 350 g/mol. The second-order valence-corrected chi connectivity index (χ2v) is 6.66. The number of rotatable bonds is 1. The number of halogens is 1. The van der Waals surface area contributed by atoms with Gasteiger partial charge in [-0.1, -0.05) is 29.8 Å². The normalized spacial score (nSPS) is 20.2. The number of aromatic hydroxyl groups is 1. The predicted molar refractivity (Wildman–Crippen MR) is 98.9 cm³/mol. The second-order valence-electron chi connectivity index (χ2n) is 6.25. The van der Waals surface area contributed by atoms with Crippen LogP contribution in [0.5, 0.6) is 5.75 Å². The van der Waals surface area contributed by atoms with Crippen molar-refractivity contribution in [2.75, 3.05) is 0 Å². The topological polar surface area (TPSA) is 63.6 Å². The van der Waals surface area contributed by atoms with Crippen LogP contribution in [-0.2, 0) is 0 Å². The highest BCUT2D eigenvalue weighted by atomic mass is 35.5. The highest BCUT2D eigenvalue weighted by Crippen LogP contribution is 2.44. The molecule has 1 aromatic heterocycles. The Labute approximate surface area is 149 Å². The molecule has 0 amide bonds. The Hall–Kier alpha value is -2.92. The molecule has 0 fully saturated rings. The summed E-state index contributed by atoms with van der Waals surface area (Å²) in [5.41, 5.74) is 9.90. The third-order valence-corrected chi connectivity index (χ3v) is 5.17. The Balaban J connectivity index is 1.64. The van der Waals surface area contributed by atoms with Crippen LogP contribution >= 0.6 is 11.6 Å². The quantitative estimate of drug-likeness (QED) is 0.729. The van der Waals surface area contributed by atoms with Gasteiger partial charge in [0, 0.05) is 28.9 Å². The van der Waals surface area contributed by atoms with E-state index >= 15 is 0 Å². The molecule has 1 unspecified atom stereocenters. The van der Waals surface area contributed by atoms with Crippen LogP contribution in [0, 0.1) is 0 Å². The van der Waals surface area contributed by atoms with Gasteiger partial charge in [0.25, 0.3) is 0 Å². The van der Waals surface area contributed by atoms with Crippen molar-refractivity contribution in [1.82, 2.24) is 15.4 Å². The fraction of sp³-hybridized carbons (Fsp3) is 0.105. The second kappa shape index (κ2) is 5.29. The van der Waals surface area contributed by atoms with Crippen LogP contribution in [0.2, 0.25) is 5.02 Å². The molecule has 5 rings (SSSR count). The van der Waals surface area contributed by atoms with Crippen molar-refractivity contribution in [3.05, 3.63) is 75.9 Å². The van der Waals surface area contributed by atoms with Gasteiger partial charge >= 0.3 is 0 Å². The van der Waals surface area contributed by atoms with E-state index in [-0.39, 0.29) is 11.7 Å². The van der Waals surface area contributed by atoms with Crippen molar-refractivity contribution in [2.45, 2.75) is 12.3 Å². The van der Waals surface area contributed by atoms with E-state index in [1.807, 2.05) is 29.5 Å². The van der Waals surface area contributed by atoms with Crippen LogP contribution in [0.3, 0.4) is 0 Å². The zero-order valence-electron chi connectivity index (χ0n) is 13.2. The third-order valence-electron chi connectivity index (χ3n) is 4.87. The SMILES string of the molecule is Oc1ccc(C2CC=C3c4c(c[nH]c42)C=CC2=CN=CNN23)cc1Cl. The zero-order valence-corrected chi connectivity index (χ0v) is 14.0. The summed E-state index contributed by atoms with van der Waals surface area (Å²) < 4.78 is 0. The first kappa shape index (κ1) is 14.4. The number of nitrogens with zero attached hydrogens (tertiary/aromatic N) is 2. The predicted octanol–water partition coefficient (Wildman–Crippen LogP) is 3.97. The molecule has 1 atom stereocenters. The number of nitrogens with one attached hydrogen (secondary N) is 2. The van der Waals surface area contributed by atoms with Crippen LogP contribution in [0.25, 0.3) is 11.8 Å². The van der Waals surface area contributed by atoms with E-state index in [1.165, 1.54) is 5.56 Å². The molecule has 3 heterocycles. The molecule has 3 aliphatic rings. The average molecular weight is 351 g/mol. The molecule has 0 bridgehead atoms. The molecular weight excluding hydrogens is 336 g/mol.